The molecule has 8 rings (SSSR count). The highest BCUT2D eigenvalue weighted by atomic mass is 35.5. The fourth-order valence-electron chi connectivity index (χ4n) is 8.82. The number of nitrogens with zero attached hydrogens (tertiary/aromatic N) is 8. The smallest absolute Gasteiger partial charge is 0.275 e. The van der Waals surface area contributed by atoms with Crippen LogP contribution in [-0.2, 0) is 38.9 Å². The van der Waals surface area contributed by atoms with Gasteiger partial charge in [-0.05, 0) is 100 Å². The summed E-state index contributed by atoms with van der Waals surface area (Å²) in [4.78, 5) is 22.0. The SMILES string of the molecule is COCc1nc(-c2ccc3c(c2)c(N2C[C@@H](C)n4c(c(CCCOc5cc(C)c(Cl)c(C)c5)c5c4C(c4c(C)nn(C)c4C)C(Cl)C=C5)C2=O)cn3C)nn1C. The summed E-state index contributed by atoms with van der Waals surface area (Å²) in [5.74, 6) is 1.93. The van der Waals surface area contributed by atoms with Crippen LogP contribution in [0.25, 0.3) is 28.4 Å². The lowest BCUT2D eigenvalue weighted by atomic mass is 9.83. The lowest BCUT2D eigenvalue weighted by molar-refractivity contribution is 0.0955. The zero-order valence-corrected chi connectivity index (χ0v) is 35.0. The Morgan fingerprint density at radius 2 is 1.75 bits per heavy atom. The molecule has 5 heterocycles. The molecular weight excluding hydrogens is 747 g/mol. The maximum Gasteiger partial charge on any atom is 0.275 e. The Kier molecular flexibility index (Phi) is 9.91. The number of hydrogen-bond acceptors (Lipinski definition) is 6. The van der Waals surface area contributed by atoms with Crippen LogP contribution >= 0.6 is 23.2 Å². The molecule has 4 aromatic heterocycles. The fourth-order valence-corrected chi connectivity index (χ4v) is 9.25. The van der Waals surface area contributed by atoms with E-state index < -0.39 is 0 Å². The highest BCUT2D eigenvalue weighted by Crippen LogP contribution is 2.47. The Hall–Kier alpha value is -4.84. The molecule has 1 amide bonds. The van der Waals surface area contributed by atoms with E-state index in [9.17, 15) is 0 Å². The number of amides is 1. The van der Waals surface area contributed by atoms with Gasteiger partial charge >= 0.3 is 0 Å². The standard InChI is InChI=1S/C43H48Cl2N8O3/c1-23-17-29(18-24(2)39(23)45)56-16-10-11-30-31-13-14-33(44)38(37-26(4)47-50(7)27(37)5)40(31)53-25(3)20-52(43(54)41(30)53)35-21-49(6)34-15-12-28(19-32(34)35)42-46-36(22-55-9)51(8)48-42/h12-15,17-19,21,25,33,38H,10-11,16,20,22H2,1-9H3/t25-,33?,38?/m1/s1. The molecule has 2 aliphatic rings. The molecule has 6 aromatic rings. The summed E-state index contributed by atoms with van der Waals surface area (Å²) in [5, 5.41) is 10.9. The normalized spacial score (nSPS) is 17.9. The lowest BCUT2D eigenvalue weighted by Crippen LogP contribution is -2.43. The number of fused-ring (bicyclic) bond motifs is 4. The van der Waals surface area contributed by atoms with Crippen LogP contribution in [0.2, 0.25) is 5.02 Å². The van der Waals surface area contributed by atoms with E-state index in [0.717, 1.165) is 83.6 Å². The molecule has 11 nitrogen and oxygen atoms in total. The van der Waals surface area contributed by atoms with Gasteiger partial charge in [-0.25, -0.2) is 4.98 Å². The molecule has 2 aromatic carbocycles. The summed E-state index contributed by atoms with van der Waals surface area (Å²) < 4.78 is 19.6. The first-order valence-corrected chi connectivity index (χ1v) is 19.9. The van der Waals surface area contributed by atoms with Crippen molar-refractivity contribution in [3.05, 3.63) is 104 Å². The number of carbonyl (C=O) groups excluding carboxylic acids is 1. The number of benzene rings is 2. The van der Waals surface area contributed by atoms with Crippen LogP contribution in [-0.4, -0.2) is 65.2 Å². The molecule has 13 heteroatoms. The number of ether oxygens (including phenoxy) is 2. The van der Waals surface area contributed by atoms with Crippen LogP contribution in [0.5, 0.6) is 5.75 Å². The zero-order chi connectivity index (χ0) is 39.7. The van der Waals surface area contributed by atoms with Crippen molar-refractivity contribution < 1.29 is 14.3 Å². The second kappa shape index (κ2) is 14.6. The summed E-state index contributed by atoms with van der Waals surface area (Å²) in [6.45, 7) is 11.7. The molecule has 0 saturated carbocycles. The molecule has 3 atom stereocenters. The van der Waals surface area contributed by atoms with E-state index >= 15 is 4.79 Å². The number of halogens is 2. The second-order valence-corrected chi connectivity index (χ2v) is 16.2. The maximum atomic E-state index is 15.3. The first kappa shape index (κ1) is 38.1. The van der Waals surface area contributed by atoms with E-state index in [1.165, 1.54) is 0 Å². The number of hydrogen-bond donors (Lipinski definition) is 0. The van der Waals surface area contributed by atoms with Gasteiger partial charge in [0.1, 0.15) is 18.1 Å². The lowest BCUT2D eigenvalue weighted by Gasteiger charge is -2.36. The van der Waals surface area contributed by atoms with E-state index in [2.05, 4.69) is 58.6 Å². The summed E-state index contributed by atoms with van der Waals surface area (Å²) >= 11 is 13.7. The van der Waals surface area contributed by atoms with Crippen LogP contribution in [0, 0.1) is 27.7 Å². The molecular formula is C43H48Cl2N8O3. The number of allylic oxidation sites excluding steroid dienone is 1. The third kappa shape index (κ3) is 6.24. The summed E-state index contributed by atoms with van der Waals surface area (Å²) in [5.41, 5.74) is 11.7. The molecule has 0 bridgehead atoms. The highest BCUT2D eigenvalue weighted by molar-refractivity contribution is 6.32. The Bertz CT molecular complexity index is 2530. The van der Waals surface area contributed by atoms with Gasteiger partial charge in [0, 0.05) is 91.4 Å². The summed E-state index contributed by atoms with van der Waals surface area (Å²) in [6, 6.07) is 10.1. The van der Waals surface area contributed by atoms with Crippen LogP contribution in [0.1, 0.15) is 86.5 Å². The largest absolute Gasteiger partial charge is 0.494 e. The molecule has 0 fully saturated rings. The molecule has 56 heavy (non-hydrogen) atoms. The Balaban J connectivity index is 1.22. The summed E-state index contributed by atoms with van der Waals surface area (Å²) in [7, 11) is 7.50. The van der Waals surface area contributed by atoms with Gasteiger partial charge in [-0.15, -0.1) is 11.6 Å². The number of rotatable bonds is 10. The Morgan fingerprint density at radius 3 is 2.45 bits per heavy atom. The first-order chi connectivity index (χ1) is 26.8. The van der Waals surface area contributed by atoms with Crippen LogP contribution < -0.4 is 9.64 Å². The van der Waals surface area contributed by atoms with Gasteiger partial charge in [0.05, 0.1) is 23.4 Å². The van der Waals surface area contributed by atoms with E-state index in [4.69, 9.17) is 42.8 Å². The Morgan fingerprint density at radius 1 is 1.00 bits per heavy atom. The van der Waals surface area contributed by atoms with Crippen molar-refractivity contribution >= 4 is 51.8 Å². The quantitative estimate of drug-likeness (QED) is 0.102. The van der Waals surface area contributed by atoms with E-state index in [1.807, 2.05) is 69.7 Å². The van der Waals surface area contributed by atoms with E-state index in [1.54, 1.807) is 11.8 Å². The maximum absolute atomic E-state index is 15.3. The molecule has 1 aliphatic carbocycles. The summed E-state index contributed by atoms with van der Waals surface area (Å²) in [6.07, 6.45) is 7.62. The van der Waals surface area contributed by atoms with Crippen molar-refractivity contribution in [1.29, 1.82) is 0 Å². The molecule has 2 unspecified atom stereocenters. The average Bonchev–Trinajstić information content (AvgIpc) is 3.87. The minimum Gasteiger partial charge on any atom is -0.494 e. The zero-order valence-electron chi connectivity index (χ0n) is 33.4. The van der Waals surface area contributed by atoms with Crippen LogP contribution in [0.3, 0.4) is 0 Å². The fraction of sp³-hybridized carbons (Fsp3) is 0.395. The first-order valence-electron chi connectivity index (χ1n) is 19.1. The van der Waals surface area contributed by atoms with Gasteiger partial charge in [-0.3, -0.25) is 14.2 Å². The van der Waals surface area contributed by atoms with Gasteiger partial charge in [-0.1, -0.05) is 23.8 Å². The van der Waals surface area contributed by atoms with Gasteiger partial charge in [0.25, 0.3) is 5.91 Å². The van der Waals surface area contributed by atoms with Crippen molar-refractivity contribution in [3.63, 3.8) is 0 Å². The molecule has 0 spiro atoms. The van der Waals surface area contributed by atoms with Gasteiger partial charge in [0.15, 0.2) is 11.6 Å². The van der Waals surface area contributed by atoms with Crippen molar-refractivity contribution in [2.24, 2.45) is 21.1 Å². The third-order valence-electron chi connectivity index (χ3n) is 11.6. The minimum absolute atomic E-state index is 0.0356. The minimum atomic E-state index is -0.308. The van der Waals surface area contributed by atoms with Gasteiger partial charge < -0.3 is 23.5 Å². The average molecular weight is 796 g/mol. The predicted molar refractivity (Wildman–Crippen MR) is 222 cm³/mol. The van der Waals surface area contributed by atoms with E-state index in [-0.39, 0.29) is 23.2 Å². The van der Waals surface area contributed by atoms with Gasteiger partial charge in [0.2, 0.25) is 0 Å². The number of aryl methyl sites for hydroxylation is 6. The van der Waals surface area contributed by atoms with Crippen molar-refractivity contribution in [2.75, 3.05) is 25.2 Å². The number of anilines is 1. The van der Waals surface area contributed by atoms with Gasteiger partial charge in [-0.2, -0.15) is 10.2 Å². The molecule has 0 saturated heterocycles. The molecule has 0 N–H and O–H groups in total. The monoisotopic (exact) mass is 794 g/mol. The molecule has 292 valence electrons. The predicted octanol–water partition coefficient (Wildman–Crippen LogP) is 8.54. The van der Waals surface area contributed by atoms with Crippen molar-refractivity contribution in [3.8, 4) is 17.1 Å². The number of aromatic nitrogens is 7. The number of alkyl halides is 1. The van der Waals surface area contributed by atoms with Crippen LogP contribution in [0.15, 0.2) is 42.6 Å². The molecule has 1 aliphatic heterocycles. The van der Waals surface area contributed by atoms with E-state index in [0.29, 0.717) is 44.1 Å². The van der Waals surface area contributed by atoms with Crippen molar-refractivity contribution in [2.45, 2.75) is 71.4 Å². The third-order valence-corrected chi connectivity index (χ3v) is 12.5. The van der Waals surface area contributed by atoms with Crippen LogP contribution in [0.4, 0.5) is 5.69 Å². The molecule has 0 radical (unpaired) electrons. The van der Waals surface area contributed by atoms with Crippen molar-refractivity contribution in [1.82, 2.24) is 33.7 Å². The Labute approximate surface area is 337 Å². The second-order valence-electron chi connectivity index (χ2n) is 15.3. The highest BCUT2D eigenvalue weighted by Gasteiger charge is 2.43. The topological polar surface area (TPSA) is 97.2 Å². The number of carbonyl (C=O) groups is 1. The number of methoxy groups -OCH3 is 1.